The van der Waals surface area contributed by atoms with E-state index in [4.69, 9.17) is 9.47 Å². The van der Waals surface area contributed by atoms with Crippen molar-refractivity contribution in [3.63, 3.8) is 0 Å². The Morgan fingerprint density at radius 3 is 2.48 bits per heavy atom. The zero-order chi connectivity index (χ0) is 15.9. The maximum atomic E-state index is 5.91. The van der Waals surface area contributed by atoms with Crippen LogP contribution in [0.4, 0.5) is 0 Å². The van der Waals surface area contributed by atoms with Gasteiger partial charge in [-0.1, -0.05) is 30.7 Å². The van der Waals surface area contributed by atoms with E-state index in [9.17, 15) is 0 Å². The molecule has 0 saturated carbocycles. The molecule has 0 bridgehead atoms. The van der Waals surface area contributed by atoms with Gasteiger partial charge < -0.3 is 14.8 Å². The first kappa shape index (κ1) is 15.9. The number of methoxy groups -OCH3 is 1. The second kappa shape index (κ2) is 8.02. The Bertz CT molecular complexity index is 603. The van der Waals surface area contributed by atoms with Gasteiger partial charge in [-0.25, -0.2) is 0 Å². The molecule has 1 fully saturated rings. The summed E-state index contributed by atoms with van der Waals surface area (Å²) in [7, 11) is 1.66. The highest BCUT2D eigenvalue weighted by atomic mass is 16.5. The van der Waals surface area contributed by atoms with E-state index in [-0.39, 0.29) is 0 Å². The Hall–Kier alpha value is -2.00. The molecule has 1 unspecified atom stereocenters. The fourth-order valence-electron chi connectivity index (χ4n) is 3.07. The van der Waals surface area contributed by atoms with E-state index in [0.29, 0.717) is 6.04 Å². The smallest absolute Gasteiger partial charge is 0.169 e. The van der Waals surface area contributed by atoms with Crippen molar-refractivity contribution in [1.29, 1.82) is 0 Å². The van der Waals surface area contributed by atoms with E-state index in [2.05, 4.69) is 17.4 Å². The predicted octanol–water partition coefficient (Wildman–Crippen LogP) is 4.56. The number of rotatable bonds is 6. The fourth-order valence-corrected chi connectivity index (χ4v) is 3.07. The number of hydrogen-bond acceptors (Lipinski definition) is 3. The van der Waals surface area contributed by atoms with E-state index < -0.39 is 0 Å². The van der Waals surface area contributed by atoms with Crippen LogP contribution in [0.5, 0.6) is 17.2 Å². The molecule has 122 valence electrons. The number of ether oxygens (including phenoxy) is 2. The Labute approximate surface area is 138 Å². The SMILES string of the molecule is COc1ccccc1Oc1ccc(CCC2CCCCN2)cc1. The normalized spacial score (nSPS) is 17.7. The summed E-state index contributed by atoms with van der Waals surface area (Å²) in [6, 6.07) is 16.8. The van der Waals surface area contributed by atoms with Crippen LogP contribution in [0.3, 0.4) is 0 Å². The lowest BCUT2D eigenvalue weighted by Gasteiger charge is -2.23. The molecule has 1 aliphatic rings. The molecular formula is C20H25NO2. The van der Waals surface area contributed by atoms with Gasteiger partial charge in [-0.15, -0.1) is 0 Å². The highest BCUT2D eigenvalue weighted by molar-refractivity contribution is 5.43. The van der Waals surface area contributed by atoms with Crippen LogP contribution in [0.25, 0.3) is 0 Å². The van der Waals surface area contributed by atoms with Crippen molar-refractivity contribution < 1.29 is 9.47 Å². The lowest BCUT2D eigenvalue weighted by atomic mass is 9.98. The second-order valence-corrected chi connectivity index (χ2v) is 6.08. The minimum absolute atomic E-state index is 0.688. The molecule has 0 aliphatic carbocycles. The summed E-state index contributed by atoms with van der Waals surface area (Å²) in [5, 5.41) is 3.61. The number of nitrogens with one attached hydrogen (secondary N) is 1. The van der Waals surface area contributed by atoms with Crippen LogP contribution < -0.4 is 14.8 Å². The Kier molecular flexibility index (Phi) is 5.54. The molecule has 2 aromatic rings. The largest absolute Gasteiger partial charge is 0.493 e. The lowest BCUT2D eigenvalue weighted by Crippen LogP contribution is -2.34. The molecule has 3 heteroatoms. The minimum atomic E-state index is 0.688. The third-order valence-electron chi connectivity index (χ3n) is 4.41. The summed E-state index contributed by atoms with van der Waals surface area (Å²) in [6.07, 6.45) is 6.34. The van der Waals surface area contributed by atoms with Gasteiger partial charge in [0.05, 0.1) is 7.11 Å². The van der Waals surface area contributed by atoms with E-state index in [1.54, 1.807) is 7.11 Å². The van der Waals surface area contributed by atoms with Crippen molar-refractivity contribution in [1.82, 2.24) is 5.32 Å². The zero-order valence-electron chi connectivity index (χ0n) is 13.8. The van der Waals surface area contributed by atoms with Gasteiger partial charge in [0, 0.05) is 6.04 Å². The van der Waals surface area contributed by atoms with Crippen LogP contribution in [0.1, 0.15) is 31.2 Å². The molecule has 1 N–H and O–H groups in total. The minimum Gasteiger partial charge on any atom is -0.493 e. The van der Waals surface area contributed by atoms with E-state index in [1.165, 1.54) is 37.8 Å². The lowest BCUT2D eigenvalue weighted by molar-refractivity contribution is 0.378. The third kappa shape index (κ3) is 4.49. The molecule has 3 nitrogen and oxygen atoms in total. The molecule has 1 atom stereocenters. The predicted molar refractivity (Wildman–Crippen MR) is 93.5 cm³/mol. The summed E-state index contributed by atoms with van der Waals surface area (Å²) in [6.45, 7) is 1.18. The highest BCUT2D eigenvalue weighted by Crippen LogP contribution is 2.31. The monoisotopic (exact) mass is 311 g/mol. The van der Waals surface area contributed by atoms with E-state index in [1.807, 2.05) is 36.4 Å². The standard InChI is InChI=1S/C20H25NO2/c1-22-19-7-2-3-8-20(19)23-18-13-10-16(11-14-18)9-12-17-6-4-5-15-21-17/h2-3,7-8,10-11,13-14,17,21H,4-6,9,12,15H2,1H3. The fraction of sp³-hybridized carbons (Fsp3) is 0.400. The van der Waals surface area contributed by atoms with Crippen LogP contribution in [0.2, 0.25) is 0 Å². The van der Waals surface area contributed by atoms with E-state index in [0.717, 1.165) is 23.7 Å². The van der Waals surface area contributed by atoms with Gasteiger partial charge in [0.15, 0.2) is 11.5 Å². The van der Waals surface area contributed by atoms with Gasteiger partial charge in [0.2, 0.25) is 0 Å². The number of benzene rings is 2. The molecule has 1 heterocycles. The van der Waals surface area contributed by atoms with Crippen molar-refractivity contribution in [3.05, 3.63) is 54.1 Å². The van der Waals surface area contributed by atoms with Gasteiger partial charge in [0.1, 0.15) is 5.75 Å². The first-order valence-electron chi connectivity index (χ1n) is 8.48. The Morgan fingerprint density at radius 2 is 1.78 bits per heavy atom. The molecule has 0 radical (unpaired) electrons. The molecule has 23 heavy (non-hydrogen) atoms. The van der Waals surface area contributed by atoms with Crippen molar-refractivity contribution in [2.24, 2.45) is 0 Å². The van der Waals surface area contributed by atoms with Crippen molar-refractivity contribution in [3.8, 4) is 17.2 Å². The van der Waals surface area contributed by atoms with Gasteiger partial charge in [0.25, 0.3) is 0 Å². The number of hydrogen-bond donors (Lipinski definition) is 1. The summed E-state index contributed by atoms with van der Waals surface area (Å²) in [5.74, 6) is 2.34. The molecule has 0 spiro atoms. The van der Waals surface area contributed by atoms with Crippen molar-refractivity contribution in [2.75, 3.05) is 13.7 Å². The topological polar surface area (TPSA) is 30.5 Å². The van der Waals surface area contributed by atoms with Crippen LogP contribution in [0.15, 0.2) is 48.5 Å². The maximum absolute atomic E-state index is 5.91. The third-order valence-corrected chi connectivity index (χ3v) is 4.41. The van der Waals surface area contributed by atoms with E-state index >= 15 is 0 Å². The quantitative estimate of drug-likeness (QED) is 0.848. The van der Waals surface area contributed by atoms with Crippen LogP contribution >= 0.6 is 0 Å². The van der Waals surface area contributed by atoms with Crippen LogP contribution in [0, 0.1) is 0 Å². The zero-order valence-corrected chi connectivity index (χ0v) is 13.8. The molecule has 0 amide bonds. The number of aryl methyl sites for hydroxylation is 1. The molecule has 1 saturated heterocycles. The Morgan fingerprint density at radius 1 is 1.00 bits per heavy atom. The molecule has 3 rings (SSSR count). The van der Waals surface area contributed by atoms with Crippen LogP contribution in [-0.4, -0.2) is 19.7 Å². The number of para-hydroxylation sites is 2. The first-order chi connectivity index (χ1) is 11.3. The number of piperidine rings is 1. The van der Waals surface area contributed by atoms with Gasteiger partial charge in [-0.3, -0.25) is 0 Å². The van der Waals surface area contributed by atoms with Gasteiger partial charge >= 0.3 is 0 Å². The summed E-state index contributed by atoms with van der Waals surface area (Å²) < 4.78 is 11.2. The van der Waals surface area contributed by atoms with Gasteiger partial charge in [-0.2, -0.15) is 0 Å². The van der Waals surface area contributed by atoms with Gasteiger partial charge in [-0.05, 0) is 62.1 Å². The summed E-state index contributed by atoms with van der Waals surface area (Å²) in [4.78, 5) is 0. The first-order valence-corrected chi connectivity index (χ1v) is 8.48. The molecular weight excluding hydrogens is 286 g/mol. The summed E-state index contributed by atoms with van der Waals surface area (Å²) in [5.41, 5.74) is 1.37. The average molecular weight is 311 g/mol. The average Bonchev–Trinajstić information content (AvgIpc) is 2.62. The molecule has 0 aromatic heterocycles. The van der Waals surface area contributed by atoms with Crippen molar-refractivity contribution >= 4 is 0 Å². The molecule has 2 aromatic carbocycles. The summed E-state index contributed by atoms with van der Waals surface area (Å²) >= 11 is 0. The Balaban J connectivity index is 1.56. The molecule has 1 aliphatic heterocycles. The maximum Gasteiger partial charge on any atom is 0.169 e. The van der Waals surface area contributed by atoms with Crippen LogP contribution in [-0.2, 0) is 6.42 Å². The highest BCUT2D eigenvalue weighted by Gasteiger charge is 2.12. The second-order valence-electron chi connectivity index (χ2n) is 6.08. The van der Waals surface area contributed by atoms with Crippen molar-refractivity contribution in [2.45, 2.75) is 38.1 Å².